The Morgan fingerprint density at radius 2 is 2.22 bits per heavy atom. The first-order chi connectivity index (χ1) is 8.67. The summed E-state index contributed by atoms with van der Waals surface area (Å²) in [6.07, 6.45) is 1.39. The zero-order valence-electron chi connectivity index (χ0n) is 10.3. The lowest BCUT2D eigenvalue weighted by molar-refractivity contribution is -0.120. The molecule has 1 aromatic rings. The predicted octanol–water partition coefficient (Wildman–Crippen LogP) is 2.65. The number of anilines is 1. The average Bonchev–Trinajstić information content (AvgIpc) is 2.36. The fourth-order valence-electron chi connectivity index (χ4n) is 1.39. The molecule has 1 amide bonds. The molecule has 5 heteroatoms. The van der Waals surface area contributed by atoms with Crippen molar-refractivity contribution in [2.75, 3.05) is 18.4 Å². The van der Waals surface area contributed by atoms with Crippen LogP contribution < -0.4 is 10.6 Å². The first kappa shape index (κ1) is 14.5. The number of benzene rings is 1. The molecule has 0 atom stereocenters. The molecule has 0 aliphatic heterocycles. The fourth-order valence-corrected chi connectivity index (χ4v) is 1.86. The average molecular weight is 310 g/mol. The van der Waals surface area contributed by atoms with Crippen molar-refractivity contribution in [3.05, 3.63) is 28.2 Å². The molecule has 0 aliphatic carbocycles. The summed E-state index contributed by atoms with van der Waals surface area (Å²) in [5.41, 5.74) is 1.49. The Balaban J connectivity index is 2.38. The second-order valence-corrected chi connectivity index (χ2v) is 4.69. The Morgan fingerprint density at radius 3 is 2.83 bits per heavy atom. The summed E-state index contributed by atoms with van der Waals surface area (Å²) in [5.74, 6) is 0.0528. The number of nitrogens with one attached hydrogen (secondary N) is 2. The van der Waals surface area contributed by atoms with Crippen molar-refractivity contribution in [2.45, 2.75) is 19.8 Å². The Morgan fingerprint density at radius 1 is 1.44 bits per heavy atom. The van der Waals surface area contributed by atoms with E-state index < -0.39 is 0 Å². The molecule has 0 unspecified atom stereocenters. The van der Waals surface area contributed by atoms with Gasteiger partial charge in [0.1, 0.15) is 6.07 Å². The number of carbonyl (C=O) groups is 1. The fraction of sp³-hybridized carbons (Fsp3) is 0.385. The van der Waals surface area contributed by atoms with E-state index >= 15 is 0 Å². The SMILES string of the molecule is CCCNC(=O)CCNc1ccc(C#N)c(Br)c1. The zero-order chi connectivity index (χ0) is 13.4. The molecule has 2 N–H and O–H groups in total. The molecular formula is C13H16BrN3O. The molecule has 18 heavy (non-hydrogen) atoms. The third-order valence-electron chi connectivity index (χ3n) is 2.34. The van der Waals surface area contributed by atoms with Crippen LogP contribution in [0.2, 0.25) is 0 Å². The predicted molar refractivity (Wildman–Crippen MR) is 75.3 cm³/mol. The highest BCUT2D eigenvalue weighted by atomic mass is 79.9. The van der Waals surface area contributed by atoms with E-state index in [1.165, 1.54) is 0 Å². The number of amides is 1. The number of rotatable bonds is 6. The van der Waals surface area contributed by atoms with Crippen molar-refractivity contribution >= 4 is 27.5 Å². The highest BCUT2D eigenvalue weighted by Gasteiger charge is 2.02. The summed E-state index contributed by atoms with van der Waals surface area (Å²) in [5, 5.41) is 14.7. The van der Waals surface area contributed by atoms with Gasteiger partial charge in [-0.05, 0) is 40.5 Å². The van der Waals surface area contributed by atoms with E-state index in [4.69, 9.17) is 5.26 Å². The van der Waals surface area contributed by atoms with Gasteiger partial charge in [0, 0.05) is 29.7 Å². The number of carbonyl (C=O) groups excluding carboxylic acids is 1. The maximum Gasteiger partial charge on any atom is 0.221 e. The first-order valence-corrected chi connectivity index (χ1v) is 6.67. The third kappa shape index (κ3) is 4.76. The maximum absolute atomic E-state index is 11.4. The van der Waals surface area contributed by atoms with Gasteiger partial charge in [0.25, 0.3) is 0 Å². The topological polar surface area (TPSA) is 64.9 Å². The molecule has 0 saturated heterocycles. The molecular weight excluding hydrogens is 294 g/mol. The van der Waals surface area contributed by atoms with Crippen LogP contribution >= 0.6 is 15.9 Å². The largest absolute Gasteiger partial charge is 0.384 e. The van der Waals surface area contributed by atoms with Gasteiger partial charge in [0.2, 0.25) is 5.91 Å². The van der Waals surface area contributed by atoms with E-state index in [2.05, 4.69) is 32.6 Å². The summed E-state index contributed by atoms with van der Waals surface area (Å²) in [6.45, 7) is 3.32. The van der Waals surface area contributed by atoms with Crippen molar-refractivity contribution in [2.24, 2.45) is 0 Å². The van der Waals surface area contributed by atoms with Crippen LogP contribution in [0.5, 0.6) is 0 Å². The zero-order valence-corrected chi connectivity index (χ0v) is 11.9. The molecule has 0 spiro atoms. The van der Waals surface area contributed by atoms with Crippen molar-refractivity contribution < 1.29 is 4.79 Å². The van der Waals surface area contributed by atoms with Crippen molar-refractivity contribution in [1.82, 2.24) is 5.32 Å². The minimum Gasteiger partial charge on any atom is -0.384 e. The summed E-state index contributed by atoms with van der Waals surface area (Å²) < 4.78 is 0.755. The van der Waals surface area contributed by atoms with Crippen molar-refractivity contribution in [3.8, 4) is 6.07 Å². The van der Waals surface area contributed by atoms with Crippen molar-refractivity contribution in [3.63, 3.8) is 0 Å². The Bertz CT molecular complexity index is 454. The van der Waals surface area contributed by atoms with Crippen LogP contribution in [-0.2, 0) is 4.79 Å². The van der Waals surface area contributed by atoms with Gasteiger partial charge in [-0.15, -0.1) is 0 Å². The molecule has 4 nitrogen and oxygen atoms in total. The van der Waals surface area contributed by atoms with Gasteiger partial charge in [-0.1, -0.05) is 6.92 Å². The summed E-state index contributed by atoms with van der Waals surface area (Å²) >= 11 is 3.32. The highest BCUT2D eigenvalue weighted by Crippen LogP contribution is 2.20. The summed E-state index contributed by atoms with van der Waals surface area (Å²) in [7, 11) is 0. The van der Waals surface area contributed by atoms with Crippen LogP contribution in [0.4, 0.5) is 5.69 Å². The molecule has 96 valence electrons. The van der Waals surface area contributed by atoms with Gasteiger partial charge in [0.05, 0.1) is 5.56 Å². The van der Waals surface area contributed by atoms with Gasteiger partial charge >= 0.3 is 0 Å². The lowest BCUT2D eigenvalue weighted by Gasteiger charge is -2.07. The molecule has 0 fully saturated rings. The van der Waals surface area contributed by atoms with Gasteiger partial charge in [-0.3, -0.25) is 4.79 Å². The second kappa shape index (κ2) is 7.72. The molecule has 0 aliphatic rings. The monoisotopic (exact) mass is 309 g/mol. The summed E-state index contributed by atoms with van der Waals surface area (Å²) in [6, 6.07) is 7.48. The number of nitrogens with zero attached hydrogens (tertiary/aromatic N) is 1. The normalized spacial score (nSPS) is 9.61. The summed E-state index contributed by atoms with van der Waals surface area (Å²) in [4.78, 5) is 11.4. The van der Waals surface area contributed by atoms with E-state index in [1.54, 1.807) is 6.07 Å². The molecule has 0 radical (unpaired) electrons. The smallest absolute Gasteiger partial charge is 0.221 e. The van der Waals surface area contributed by atoms with E-state index in [-0.39, 0.29) is 5.91 Å². The highest BCUT2D eigenvalue weighted by molar-refractivity contribution is 9.10. The maximum atomic E-state index is 11.4. The van der Waals surface area contributed by atoms with Gasteiger partial charge < -0.3 is 10.6 Å². The van der Waals surface area contributed by atoms with E-state index in [9.17, 15) is 4.79 Å². The van der Waals surface area contributed by atoms with E-state index in [1.807, 2.05) is 19.1 Å². The lowest BCUT2D eigenvalue weighted by Crippen LogP contribution is -2.25. The van der Waals surface area contributed by atoms with Crippen LogP contribution in [0.3, 0.4) is 0 Å². The molecule has 0 aromatic heterocycles. The van der Waals surface area contributed by atoms with E-state index in [0.717, 1.165) is 23.1 Å². The minimum absolute atomic E-state index is 0.0528. The van der Waals surface area contributed by atoms with Gasteiger partial charge in [0.15, 0.2) is 0 Å². The second-order valence-electron chi connectivity index (χ2n) is 3.83. The molecule has 1 aromatic carbocycles. The molecule has 1 rings (SSSR count). The van der Waals surface area contributed by atoms with Crippen LogP contribution in [0.15, 0.2) is 22.7 Å². The Hall–Kier alpha value is -1.54. The molecule has 0 bridgehead atoms. The van der Waals surface area contributed by atoms with Gasteiger partial charge in [-0.25, -0.2) is 0 Å². The van der Waals surface area contributed by atoms with Crippen LogP contribution in [0.1, 0.15) is 25.3 Å². The minimum atomic E-state index is 0.0528. The third-order valence-corrected chi connectivity index (χ3v) is 3.00. The van der Waals surface area contributed by atoms with E-state index in [0.29, 0.717) is 18.5 Å². The van der Waals surface area contributed by atoms with Crippen LogP contribution in [0.25, 0.3) is 0 Å². The van der Waals surface area contributed by atoms with Crippen LogP contribution in [-0.4, -0.2) is 19.0 Å². The first-order valence-electron chi connectivity index (χ1n) is 5.87. The Kier molecular flexibility index (Phi) is 6.23. The number of hydrogen-bond acceptors (Lipinski definition) is 3. The van der Waals surface area contributed by atoms with Crippen molar-refractivity contribution in [1.29, 1.82) is 5.26 Å². The van der Waals surface area contributed by atoms with Crippen LogP contribution in [0, 0.1) is 11.3 Å². The quantitative estimate of drug-likeness (QED) is 0.849. The number of nitriles is 1. The Labute approximate surface area is 116 Å². The van der Waals surface area contributed by atoms with Gasteiger partial charge in [-0.2, -0.15) is 5.26 Å². The number of halogens is 1. The standard InChI is InChI=1S/C13H16BrN3O/c1-2-6-17-13(18)5-7-16-11-4-3-10(9-15)12(14)8-11/h3-4,8,16H,2,5-7H2,1H3,(H,17,18). The number of hydrogen-bond donors (Lipinski definition) is 2. The lowest BCUT2D eigenvalue weighted by atomic mass is 10.2. The molecule has 0 saturated carbocycles. The molecule has 0 heterocycles.